The van der Waals surface area contributed by atoms with E-state index in [1.165, 1.54) is 5.57 Å². The fourth-order valence-electron chi connectivity index (χ4n) is 1.16. The van der Waals surface area contributed by atoms with Gasteiger partial charge in [-0.25, -0.2) is 0 Å². The molecule has 0 bridgehead atoms. The van der Waals surface area contributed by atoms with Crippen molar-refractivity contribution in [2.75, 3.05) is 0 Å². The first-order chi connectivity index (χ1) is 5.31. The molecule has 0 aliphatic heterocycles. The summed E-state index contributed by atoms with van der Waals surface area (Å²) in [6, 6.07) is 0. The van der Waals surface area contributed by atoms with Crippen molar-refractivity contribution in [1.82, 2.24) is 0 Å². The lowest BCUT2D eigenvalue weighted by Gasteiger charge is -2.26. The second-order valence-corrected chi connectivity index (χ2v) is 5.64. The van der Waals surface area contributed by atoms with E-state index in [0.717, 1.165) is 0 Å². The highest BCUT2D eigenvalue weighted by atomic mass is 79.9. The standard InChI is InChI=1S/C10H15BrO/c1-9(2,3)8-4-6-10(11,12)7-5-8/h4-6,12H,7H2,1-3H3. The first-order valence-corrected chi connectivity index (χ1v) is 4.92. The Bertz CT molecular complexity index is 231. The van der Waals surface area contributed by atoms with E-state index < -0.39 is 4.51 Å². The Hall–Kier alpha value is -0.0800. The molecule has 1 aliphatic rings. The van der Waals surface area contributed by atoms with E-state index >= 15 is 0 Å². The van der Waals surface area contributed by atoms with Crippen molar-refractivity contribution in [3.05, 3.63) is 23.8 Å². The largest absolute Gasteiger partial charge is 0.375 e. The van der Waals surface area contributed by atoms with E-state index in [4.69, 9.17) is 0 Å². The molecule has 2 heteroatoms. The van der Waals surface area contributed by atoms with Gasteiger partial charge in [-0.2, -0.15) is 0 Å². The zero-order valence-electron chi connectivity index (χ0n) is 7.76. The molecule has 1 rings (SSSR count). The van der Waals surface area contributed by atoms with Crippen molar-refractivity contribution in [2.24, 2.45) is 5.41 Å². The molecule has 0 aromatic rings. The quantitative estimate of drug-likeness (QED) is 0.635. The van der Waals surface area contributed by atoms with Crippen LogP contribution in [0.3, 0.4) is 0 Å². The Kier molecular flexibility index (Phi) is 2.50. The molecule has 0 aromatic heterocycles. The van der Waals surface area contributed by atoms with Crippen LogP contribution < -0.4 is 0 Å². The minimum atomic E-state index is -0.818. The van der Waals surface area contributed by atoms with Crippen LogP contribution in [0.2, 0.25) is 0 Å². The smallest absolute Gasteiger partial charge is 0.141 e. The predicted octanol–water partition coefficient (Wildman–Crippen LogP) is 3.00. The average molecular weight is 231 g/mol. The summed E-state index contributed by atoms with van der Waals surface area (Å²) in [5.74, 6) is 0. The van der Waals surface area contributed by atoms with Crippen molar-refractivity contribution in [3.63, 3.8) is 0 Å². The predicted molar refractivity (Wildman–Crippen MR) is 55.2 cm³/mol. The van der Waals surface area contributed by atoms with E-state index in [0.29, 0.717) is 6.42 Å². The zero-order valence-corrected chi connectivity index (χ0v) is 9.35. The van der Waals surface area contributed by atoms with Crippen LogP contribution in [0.15, 0.2) is 23.8 Å². The third kappa shape index (κ3) is 2.46. The number of aliphatic hydroxyl groups is 1. The summed E-state index contributed by atoms with van der Waals surface area (Å²) in [6.45, 7) is 6.51. The molecule has 0 heterocycles. The normalized spacial score (nSPS) is 30.2. The molecule has 68 valence electrons. The lowest BCUT2D eigenvalue weighted by molar-refractivity contribution is 0.196. The SMILES string of the molecule is CC(C)(C)C1=CCC(O)(Br)C=C1. The lowest BCUT2D eigenvalue weighted by Crippen LogP contribution is -2.20. The number of hydrogen-bond acceptors (Lipinski definition) is 1. The van der Waals surface area contributed by atoms with Crippen LogP contribution in [0.5, 0.6) is 0 Å². The van der Waals surface area contributed by atoms with Gasteiger partial charge in [-0.05, 0) is 33.0 Å². The summed E-state index contributed by atoms with van der Waals surface area (Å²) in [7, 11) is 0. The van der Waals surface area contributed by atoms with E-state index in [2.05, 4.69) is 42.8 Å². The molecule has 1 aliphatic carbocycles. The summed E-state index contributed by atoms with van der Waals surface area (Å²) in [5, 5.41) is 9.54. The van der Waals surface area contributed by atoms with Crippen molar-refractivity contribution >= 4 is 15.9 Å². The average Bonchev–Trinajstić information content (AvgIpc) is 1.83. The van der Waals surface area contributed by atoms with Gasteiger partial charge in [0.2, 0.25) is 0 Å². The summed E-state index contributed by atoms with van der Waals surface area (Å²) in [4.78, 5) is 0. The summed E-state index contributed by atoms with van der Waals surface area (Å²) < 4.78 is -0.818. The highest BCUT2D eigenvalue weighted by Gasteiger charge is 2.24. The monoisotopic (exact) mass is 230 g/mol. The summed E-state index contributed by atoms with van der Waals surface area (Å²) in [6.07, 6.45) is 6.51. The van der Waals surface area contributed by atoms with Crippen LogP contribution in [0.1, 0.15) is 27.2 Å². The number of allylic oxidation sites excluding steroid dienone is 2. The lowest BCUT2D eigenvalue weighted by atomic mass is 9.83. The van der Waals surface area contributed by atoms with Crippen molar-refractivity contribution in [3.8, 4) is 0 Å². The number of rotatable bonds is 0. The molecule has 1 unspecified atom stereocenters. The molecule has 1 atom stereocenters. The second-order valence-electron chi connectivity index (χ2n) is 4.27. The molecule has 1 nitrogen and oxygen atoms in total. The zero-order chi connectivity index (χ0) is 9.41. The van der Waals surface area contributed by atoms with Crippen LogP contribution in [-0.2, 0) is 0 Å². The molecular weight excluding hydrogens is 216 g/mol. The van der Waals surface area contributed by atoms with E-state index in [9.17, 15) is 5.11 Å². The Morgan fingerprint density at radius 3 is 2.42 bits per heavy atom. The minimum absolute atomic E-state index is 0.181. The van der Waals surface area contributed by atoms with Crippen molar-refractivity contribution < 1.29 is 5.11 Å². The van der Waals surface area contributed by atoms with Crippen LogP contribution in [0, 0.1) is 5.41 Å². The fraction of sp³-hybridized carbons (Fsp3) is 0.600. The van der Waals surface area contributed by atoms with Gasteiger partial charge in [0.15, 0.2) is 0 Å². The topological polar surface area (TPSA) is 20.2 Å². The van der Waals surface area contributed by atoms with Gasteiger partial charge in [-0.15, -0.1) is 0 Å². The second kappa shape index (κ2) is 3.00. The van der Waals surface area contributed by atoms with Gasteiger partial charge >= 0.3 is 0 Å². The summed E-state index contributed by atoms with van der Waals surface area (Å²) in [5.41, 5.74) is 1.46. The molecule has 0 spiro atoms. The third-order valence-corrected chi connectivity index (χ3v) is 2.58. The molecule has 0 amide bonds. The van der Waals surface area contributed by atoms with Crippen LogP contribution in [-0.4, -0.2) is 9.62 Å². The maximum atomic E-state index is 9.54. The maximum Gasteiger partial charge on any atom is 0.141 e. The number of alkyl halides is 1. The molecule has 0 saturated heterocycles. The van der Waals surface area contributed by atoms with Crippen molar-refractivity contribution in [1.29, 1.82) is 0 Å². The Morgan fingerprint density at radius 1 is 1.50 bits per heavy atom. The Morgan fingerprint density at radius 2 is 2.08 bits per heavy atom. The minimum Gasteiger partial charge on any atom is -0.375 e. The van der Waals surface area contributed by atoms with Gasteiger partial charge in [0.05, 0.1) is 0 Å². The van der Waals surface area contributed by atoms with Gasteiger partial charge in [0.1, 0.15) is 4.51 Å². The first-order valence-electron chi connectivity index (χ1n) is 4.12. The highest BCUT2D eigenvalue weighted by Crippen LogP contribution is 2.34. The molecule has 0 radical (unpaired) electrons. The van der Waals surface area contributed by atoms with Crippen molar-refractivity contribution in [2.45, 2.75) is 31.7 Å². The highest BCUT2D eigenvalue weighted by molar-refractivity contribution is 9.10. The number of halogens is 1. The van der Waals surface area contributed by atoms with Crippen LogP contribution in [0.4, 0.5) is 0 Å². The molecule has 0 aromatic carbocycles. The number of hydrogen-bond donors (Lipinski definition) is 1. The third-order valence-electron chi connectivity index (χ3n) is 1.99. The van der Waals surface area contributed by atoms with Gasteiger partial charge in [-0.3, -0.25) is 0 Å². The Balaban J connectivity index is 2.78. The van der Waals surface area contributed by atoms with Gasteiger partial charge in [0.25, 0.3) is 0 Å². The van der Waals surface area contributed by atoms with Crippen LogP contribution >= 0.6 is 15.9 Å². The van der Waals surface area contributed by atoms with Crippen LogP contribution in [0.25, 0.3) is 0 Å². The molecule has 0 saturated carbocycles. The van der Waals surface area contributed by atoms with E-state index in [1.54, 1.807) is 6.08 Å². The molecule has 0 fully saturated rings. The van der Waals surface area contributed by atoms with Gasteiger partial charge in [0, 0.05) is 6.42 Å². The molecular formula is C10H15BrO. The summed E-state index contributed by atoms with van der Waals surface area (Å²) >= 11 is 3.21. The Labute approximate surface area is 82.3 Å². The maximum absolute atomic E-state index is 9.54. The fourth-order valence-corrected chi connectivity index (χ4v) is 1.46. The molecule has 12 heavy (non-hydrogen) atoms. The molecule has 1 N–H and O–H groups in total. The van der Waals surface area contributed by atoms with Gasteiger partial charge < -0.3 is 5.11 Å². The first kappa shape index (κ1) is 10.0. The van der Waals surface area contributed by atoms with Gasteiger partial charge in [-0.1, -0.05) is 32.9 Å². The van der Waals surface area contributed by atoms with E-state index in [1.807, 2.05) is 6.08 Å². The van der Waals surface area contributed by atoms with E-state index in [-0.39, 0.29) is 5.41 Å².